The molecule has 0 saturated carbocycles. The fourth-order valence-electron chi connectivity index (χ4n) is 1.60. The summed E-state index contributed by atoms with van der Waals surface area (Å²) in [4.78, 5) is 0. The molecule has 2 bridgehead atoms. The van der Waals surface area contributed by atoms with Gasteiger partial charge in [0.25, 0.3) is 5.97 Å². The summed E-state index contributed by atoms with van der Waals surface area (Å²) >= 11 is 2.36. The summed E-state index contributed by atoms with van der Waals surface area (Å²) in [5.74, 6) is -0.692. The first-order valence-electron chi connectivity index (χ1n) is 4.66. The minimum absolute atomic E-state index is 0.0894. The van der Waals surface area contributed by atoms with E-state index in [0.717, 1.165) is 37.1 Å². The summed E-state index contributed by atoms with van der Waals surface area (Å²) in [5, 5.41) is 0. The number of rotatable bonds is 3. The second-order valence-electron chi connectivity index (χ2n) is 4.15. The SMILES string of the molecule is CC12COC(CCCI)(OC1)OC2. The lowest BCUT2D eigenvalue weighted by atomic mass is 9.91. The van der Waals surface area contributed by atoms with Gasteiger partial charge in [-0.05, 0) is 10.8 Å². The molecule has 3 aliphatic rings. The van der Waals surface area contributed by atoms with Crippen LogP contribution in [0.4, 0.5) is 0 Å². The zero-order valence-corrected chi connectivity index (χ0v) is 10.0. The topological polar surface area (TPSA) is 27.7 Å². The third-order valence-electron chi connectivity index (χ3n) is 2.54. The molecule has 0 aromatic rings. The molecule has 76 valence electrons. The Bertz CT molecular complexity index is 165. The van der Waals surface area contributed by atoms with E-state index in [1.165, 1.54) is 0 Å². The first kappa shape index (κ1) is 10.1. The van der Waals surface area contributed by atoms with Crippen LogP contribution in [0.1, 0.15) is 19.8 Å². The van der Waals surface area contributed by atoms with Crippen LogP contribution >= 0.6 is 22.6 Å². The van der Waals surface area contributed by atoms with Crippen LogP contribution in [0.5, 0.6) is 0 Å². The predicted molar refractivity (Wildman–Crippen MR) is 56.8 cm³/mol. The molecule has 3 fully saturated rings. The van der Waals surface area contributed by atoms with E-state index in [-0.39, 0.29) is 5.41 Å². The largest absolute Gasteiger partial charge is 0.327 e. The maximum absolute atomic E-state index is 5.62. The average Bonchev–Trinajstić information content (AvgIpc) is 2.18. The van der Waals surface area contributed by atoms with Crippen LogP contribution in [-0.4, -0.2) is 30.2 Å². The fourth-order valence-corrected chi connectivity index (χ4v) is 1.98. The summed E-state index contributed by atoms with van der Waals surface area (Å²) in [7, 11) is 0. The van der Waals surface area contributed by atoms with E-state index in [9.17, 15) is 0 Å². The van der Waals surface area contributed by atoms with Crippen molar-refractivity contribution < 1.29 is 14.2 Å². The number of ether oxygens (including phenoxy) is 3. The van der Waals surface area contributed by atoms with Gasteiger partial charge in [-0.25, -0.2) is 0 Å². The predicted octanol–water partition coefficient (Wildman–Crippen LogP) is 1.94. The van der Waals surface area contributed by atoms with Crippen molar-refractivity contribution in [2.75, 3.05) is 24.2 Å². The van der Waals surface area contributed by atoms with E-state index in [0.29, 0.717) is 0 Å². The highest BCUT2D eigenvalue weighted by Crippen LogP contribution is 2.40. The number of halogens is 1. The van der Waals surface area contributed by atoms with Gasteiger partial charge in [0.2, 0.25) is 0 Å². The summed E-state index contributed by atoms with van der Waals surface area (Å²) < 4.78 is 18.0. The Balaban J connectivity index is 1.95. The number of alkyl halides is 1. The van der Waals surface area contributed by atoms with Crippen LogP contribution in [0.3, 0.4) is 0 Å². The molecular formula is C9H15IO3. The maximum Gasteiger partial charge on any atom is 0.282 e. The van der Waals surface area contributed by atoms with Gasteiger partial charge in [0.1, 0.15) is 0 Å². The lowest BCUT2D eigenvalue weighted by Gasteiger charge is -2.50. The van der Waals surface area contributed by atoms with Crippen LogP contribution in [0.25, 0.3) is 0 Å². The lowest BCUT2D eigenvalue weighted by Crippen LogP contribution is -2.58. The Morgan fingerprint density at radius 2 is 1.69 bits per heavy atom. The van der Waals surface area contributed by atoms with Crippen molar-refractivity contribution in [3.63, 3.8) is 0 Å². The summed E-state index contributed by atoms with van der Waals surface area (Å²) in [6.45, 7) is 4.45. The molecule has 0 N–H and O–H groups in total. The van der Waals surface area contributed by atoms with Gasteiger partial charge in [0, 0.05) is 11.8 Å². The number of hydrogen-bond donors (Lipinski definition) is 0. The van der Waals surface area contributed by atoms with Gasteiger partial charge in [-0.2, -0.15) is 0 Å². The fraction of sp³-hybridized carbons (Fsp3) is 1.00. The van der Waals surface area contributed by atoms with Gasteiger partial charge < -0.3 is 14.2 Å². The summed E-state index contributed by atoms with van der Waals surface area (Å²) in [6.07, 6.45) is 1.93. The average molecular weight is 298 g/mol. The molecule has 13 heavy (non-hydrogen) atoms. The second-order valence-corrected chi connectivity index (χ2v) is 5.23. The molecule has 0 spiro atoms. The van der Waals surface area contributed by atoms with Crippen LogP contribution in [0.2, 0.25) is 0 Å². The maximum atomic E-state index is 5.62. The van der Waals surface area contributed by atoms with Gasteiger partial charge in [-0.1, -0.05) is 29.5 Å². The quantitative estimate of drug-likeness (QED) is 0.589. The van der Waals surface area contributed by atoms with Crippen molar-refractivity contribution in [2.24, 2.45) is 5.41 Å². The molecule has 0 unspecified atom stereocenters. The Hall–Kier alpha value is 0.610. The van der Waals surface area contributed by atoms with Crippen LogP contribution < -0.4 is 0 Å². The Kier molecular flexibility index (Phi) is 2.84. The molecule has 0 aromatic carbocycles. The molecule has 3 rings (SSSR count). The third kappa shape index (κ3) is 2.00. The molecule has 3 nitrogen and oxygen atoms in total. The monoisotopic (exact) mass is 298 g/mol. The molecule has 0 aromatic heterocycles. The van der Waals surface area contributed by atoms with E-state index in [1.54, 1.807) is 0 Å². The summed E-state index contributed by atoms with van der Waals surface area (Å²) in [6, 6.07) is 0. The van der Waals surface area contributed by atoms with Crippen molar-refractivity contribution in [2.45, 2.75) is 25.7 Å². The van der Waals surface area contributed by atoms with Crippen LogP contribution in [0.15, 0.2) is 0 Å². The molecule has 0 amide bonds. The Labute approximate surface area is 92.2 Å². The van der Waals surface area contributed by atoms with Gasteiger partial charge in [0.05, 0.1) is 19.8 Å². The first-order chi connectivity index (χ1) is 6.18. The van der Waals surface area contributed by atoms with Crippen molar-refractivity contribution in [1.82, 2.24) is 0 Å². The van der Waals surface area contributed by atoms with Crippen molar-refractivity contribution in [3.05, 3.63) is 0 Å². The molecule has 3 saturated heterocycles. The lowest BCUT2D eigenvalue weighted by molar-refractivity contribution is -0.467. The van der Waals surface area contributed by atoms with Gasteiger partial charge in [-0.3, -0.25) is 0 Å². The minimum atomic E-state index is -0.692. The smallest absolute Gasteiger partial charge is 0.282 e. The molecule has 0 aliphatic carbocycles. The van der Waals surface area contributed by atoms with Crippen LogP contribution in [0, 0.1) is 5.41 Å². The normalized spacial score (nSPS) is 43.8. The number of hydrogen-bond acceptors (Lipinski definition) is 3. The van der Waals surface area contributed by atoms with Gasteiger partial charge >= 0.3 is 0 Å². The Morgan fingerprint density at radius 3 is 2.15 bits per heavy atom. The van der Waals surface area contributed by atoms with Crippen molar-refractivity contribution in [3.8, 4) is 0 Å². The minimum Gasteiger partial charge on any atom is -0.327 e. The van der Waals surface area contributed by atoms with Gasteiger partial charge in [-0.15, -0.1) is 0 Å². The standard InChI is InChI=1S/C9H15IO3/c1-8-5-11-9(12-6-8,13-7-8)3-2-4-10/h2-7H2,1H3. The summed E-state index contributed by atoms with van der Waals surface area (Å²) in [5.41, 5.74) is 0.0894. The zero-order valence-electron chi connectivity index (χ0n) is 7.85. The molecule has 3 aliphatic heterocycles. The van der Waals surface area contributed by atoms with Crippen LogP contribution in [-0.2, 0) is 14.2 Å². The molecule has 0 radical (unpaired) electrons. The second kappa shape index (κ2) is 3.64. The van der Waals surface area contributed by atoms with Gasteiger partial charge in [0.15, 0.2) is 0 Å². The van der Waals surface area contributed by atoms with E-state index < -0.39 is 5.97 Å². The first-order valence-corrected chi connectivity index (χ1v) is 6.19. The number of fused-ring (bicyclic) bond motifs is 3. The highest BCUT2D eigenvalue weighted by Gasteiger charge is 2.49. The van der Waals surface area contributed by atoms with E-state index in [2.05, 4.69) is 29.5 Å². The Morgan fingerprint density at radius 1 is 1.15 bits per heavy atom. The van der Waals surface area contributed by atoms with E-state index in [4.69, 9.17) is 14.2 Å². The molecular weight excluding hydrogens is 283 g/mol. The molecule has 4 heteroatoms. The van der Waals surface area contributed by atoms with Crippen molar-refractivity contribution >= 4 is 22.6 Å². The van der Waals surface area contributed by atoms with Crippen molar-refractivity contribution in [1.29, 1.82) is 0 Å². The highest BCUT2D eigenvalue weighted by atomic mass is 127. The highest BCUT2D eigenvalue weighted by molar-refractivity contribution is 14.1. The van der Waals surface area contributed by atoms with E-state index >= 15 is 0 Å². The zero-order chi connectivity index (χ0) is 9.36. The van der Waals surface area contributed by atoms with E-state index in [1.807, 2.05) is 0 Å². The molecule has 0 atom stereocenters. The molecule has 3 heterocycles. The third-order valence-corrected chi connectivity index (χ3v) is 3.30.